The van der Waals surface area contributed by atoms with Gasteiger partial charge in [0.25, 0.3) is 0 Å². The fourth-order valence-corrected chi connectivity index (χ4v) is 2.15. The third kappa shape index (κ3) is 2.76. The van der Waals surface area contributed by atoms with Crippen LogP contribution in [0.1, 0.15) is 11.1 Å². The molecule has 0 saturated heterocycles. The van der Waals surface area contributed by atoms with Crippen molar-refractivity contribution in [2.45, 2.75) is 19.0 Å². The van der Waals surface area contributed by atoms with Crippen LogP contribution >= 0.6 is 0 Å². The third-order valence-corrected chi connectivity index (χ3v) is 3.09. The molecule has 1 unspecified atom stereocenters. The molecule has 2 rings (SSSR count). The van der Waals surface area contributed by atoms with Crippen molar-refractivity contribution in [1.82, 2.24) is 4.90 Å². The standard InChI is InChI=1S/C14H15NO4/c1-2-7-19-14(18)15-9-11-6-4-3-5-10(11)8-12(15)13(16)17/h2-6,12H,1,7-9H2,(H,16,17). The van der Waals surface area contributed by atoms with Crippen LogP contribution in [0.4, 0.5) is 4.79 Å². The molecule has 1 aliphatic rings. The fraction of sp³-hybridized carbons (Fsp3) is 0.286. The number of carboxylic acids is 1. The highest BCUT2D eigenvalue weighted by Gasteiger charge is 2.35. The van der Waals surface area contributed by atoms with E-state index in [0.717, 1.165) is 11.1 Å². The Labute approximate surface area is 111 Å². The predicted molar refractivity (Wildman–Crippen MR) is 68.7 cm³/mol. The molecule has 5 heteroatoms. The van der Waals surface area contributed by atoms with Gasteiger partial charge in [-0.1, -0.05) is 36.9 Å². The molecular weight excluding hydrogens is 246 g/mol. The molecule has 1 atom stereocenters. The molecular formula is C14H15NO4. The van der Waals surface area contributed by atoms with E-state index >= 15 is 0 Å². The van der Waals surface area contributed by atoms with Gasteiger partial charge in [0, 0.05) is 6.42 Å². The molecule has 1 amide bonds. The Kier molecular flexibility index (Phi) is 3.85. The monoisotopic (exact) mass is 261 g/mol. The van der Waals surface area contributed by atoms with Gasteiger partial charge in [-0.05, 0) is 11.1 Å². The Balaban J connectivity index is 2.23. The number of hydrogen-bond acceptors (Lipinski definition) is 3. The molecule has 1 N–H and O–H groups in total. The summed E-state index contributed by atoms with van der Waals surface area (Å²) in [4.78, 5) is 24.4. The molecule has 100 valence electrons. The van der Waals surface area contributed by atoms with Crippen LogP contribution in [0.5, 0.6) is 0 Å². The number of carbonyl (C=O) groups excluding carboxylic acids is 1. The number of carboxylic acid groups (broad SMARTS) is 1. The molecule has 5 nitrogen and oxygen atoms in total. The smallest absolute Gasteiger partial charge is 0.411 e. The van der Waals surface area contributed by atoms with Crippen LogP contribution in [0.25, 0.3) is 0 Å². The van der Waals surface area contributed by atoms with Crippen LogP contribution in [0.15, 0.2) is 36.9 Å². The topological polar surface area (TPSA) is 66.8 Å². The van der Waals surface area contributed by atoms with Crippen molar-refractivity contribution in [1.29, 1.82) is 0 Å². The van der Waals surface area contributed by atoms with Crippen LogP contribution < -0.4 is 0 Å². The zero-order valence-electron chi connectivity index (χ0n) is 10.4. The first-order valence-corrected chi connectivity index (χ1v) is 5.97. The fourth-order valence-electron chi connectivity index (χ4n) is 2.15. The van der Waals surface area contributed by atoms with Gasteiger partial charge in [-0.15, -0.1) is 0 Å². The summed E-state index contributed by atoms with van der Waals surface area (Å²) in [5.74, 6) is -1.02. The second-order valence-electron chi connectivity index (χ2n) is 4.32. The maximum Gasteiger partial charge on any atom is 0.411 e. The average Bonchev–Trinajstić information content (AvgIpc) is 2.43. The summed E-state index contributed by atoms with van der Waals surface area (Å²) in [6, 6.07) is 6.63. The van der Waals surface area contributed by atoms with Crippen molar-refractivity contribution in [2.24, 2.45) is 0 Å². The Bertz CT molecular complexity index is 512. The number of benzene rings is 1. The van der Waals surface area contributed by atoms with Crippen LogP contribution in [-0.2, 0) is 22.5 Å². The normalized spacial score (nSPS) is 17.5. The minimum Gasteiger partial charge on any atom is -0.480 e. The summed E-state index contributed by atoms with van der Waals surface area (Å²) < 4.78 is 4.93. The summed E-state index contributed by atoms with van der Waals surface area (Å²) >= 11 is 0. The van der Waals surface area contributed by atoms with Gasteiger partial charge in [-0.25, -0.2) is 9.59 Å². The quantitative estimate of drug-likeness (QED) is 0.843. The summed E-state index contributed by atoms with van der Waals surface area (Å²) in [6.07, 6.45) is 1.13. The van der Waals surface area contributed by atoms with Gasteiger partial charge in [-0.2, -0.15) is 0 Å². The lowest BCUT2D eigenvalue weighted by molar-refractivity contribution is -0.143. The Morgan fingerprint density at radius 3 is 2.74 bits per heavy atom. The highest BCUT2D eigenvalue weighted by Crippen LogP contribution is 2.24. The maximum atomic E-state index is 11.9. The molecule has 0 bridgehead atoms. The summed E-state index contributed by atoms with van der Waals surface area (Å²) in [7, 11) is 0. The van der Waals surface area contributed by atoms with E-state index in [0.29, 0.717) is 6.42 Å². The zero-order valence-corrected chi connectivity index (χ0v) is 10.4. The Morgan fingerprint density at radius 1 is 1.42 bits per heavy atom. The number of ether oxygens (including phenoxy) is 1. The highest BCUT2D eigenvalue weighted by atomic mass is 16.6. The van der Waals surface area contributed by atoms with Gasteiger partial charge in [0.2, 0.25) is 0 Å². The molecule has 0 aliphatic carbocycles. The molecule has 1 aromatic rings. The lowest BCUT2D eigenvalue weighted by Crippen LogP contribution is -2.48. The van der Waals surface area contributed by atoms with E-state index in [2.05, 4.69) is 6.58 Å². The second kappa shape index (κ2) is 5.56. The molecule has 0 spiro atoms. The van der Waals surface area contributed by atoms with Crippen molar-refractivity contribution < 1.29 is 19.4 Å². The molecule has 0 saturated carbocycles. The van der Waals surface area contributed by atoms with E-state index in [4.69, 9.17) is 4.74 Å². The van der Waals surface area contributed by atoms with Gasteiger partial charge in [0.05, 0.1) is 6.54 Å². The lowest BCUT2D eigenvalue weighted by atomic mass is 9.94. The summed E-state index contributed by atoms with van der Waals surface area (Å²) in [5, 5.41) is 9.24. The molecule has 1 heterocycles. The molecule has 0 fully saturated rings. The third-order valence-electron chi connectivity index (χ3n) is 3.09. The van der Waals surface area contributed by atoms with Gasteiger partial charge in [-0.3, -0.25) is 4.90 Å². The van der Waals surface area contributed by atoms with Gasteiger partial charge >= 0.3 is 12.1 Å². The number of hydrogen-bond donors (Lipinski definition) is 1. The Hall–Kier alpha value is -2.30. The molecule has 1 aliphatic heterocycles. The van der Waals surface area contributed by atoms with Gasteiger partial charge < -0.3 is 9.84 Å². The zero-order chi connectivity index (χ0) is 13.8. The minimum atomic E-state index is -1.02. The SMILES string of the molecule is C=CCOC(=O)N1Cc2ccccc2CC1C(=O)O. The van der Waals surface area contributed by atoms with Crippen LogP contribution in [0.2, 0.25) is 0 Å². The number of carbonyl (C=O) groups is 2. The van der Waals surface area contributed by atoms with Gasteiger partial charge in [0.1, 0.15) is 12.6 Å². The number of fused-ring (bicyclic) bond motifs is 1. The first-order valence-electron chi connectivity index (χ1n) is 5.97. The summed E-state index contributed by atoms with van der Waals surface area (Å²) in [6.45, 7) is 3.78. The van der Waals surface area contributed by atoms with Crippen LogP contribution in [0.3, 0.4) is 0 Å². The highest BCUT2D eigenvalue weighted by molar-refractivity contribution is 5.81. The molecule has 0 aromatic heterocycles. The predicted octanol–water partition coefficient (Wildman–Crippen LogP) is 1.82. The number of amides is 1. The van der Waals surface area contributed by atoms with Crippen molar-refractivity contribution in [2.75, 3.05) is 6.61 Å². The van der Waals surface area contributed by atoms with E-state index in [1.807, 2.05) is 24.3 Å². The summed E-state index contributed by atoms with van der Waals surface area (Å²) in [5.41, 5.74) is 1.92. The second-order valence-corrected chi connectivity index (χ2v) is 4.32. The molecule has 1 aromatic carbocycles. The average molecular weight is 261 g/mol. The van der Waals surface area contributed by atoms with E-state index < -0.39 is 18.1 Å². The maximum absolute atomic E-state index is 11.9. The number of aliphatic carboxylic acids is 1. The first kappa shape index (κ1) is 13.1. The van der Waals surface area contributed by atoms with Crippen LogP contribution in [0, 0.1) is 0 Å². The van der Waals surface area contributed by atoms with E-state index in [1.54, 1.807) is 0 Å². The van der Waals surface area contributed by atoms with Crippen molar-refractivity contribution in [3.63, 3.8) is 0 Å². The largest absolute Gasteiger partial charge is 0.480 e. The molecule has 0 radical (unpaired) electrons. The van der Waals surface area contributed by atoms with Crippen molar-refractivity contribution in [3.8, 4) is 0 Å². The van der Waals surface area contributed by atoms with E-state index in [-0.39, 0.29) is 13.2 Å². The van der Waals surface area contributed by atoms with Gasteiger partial charge in [0.15, 0.2) is 0 Å². The minimum absolute atomic E-state index is 0.0727. The van der Waals surface area contributed by atoms with Crippen molar-refractivity contribution in [3.05, 3.63) is 48.0 Å². The number of nitrogens with zero attached hydrogens (tertiary/aromatic N) is 1. The Morgan fingerprint density at radius 2 is 2.11 bits per heavy atom. The van der Waals surface area contributed by atoms with E-state index in [1.165, 1.54) is 11.0 Å². The van der Waals surface area contributed by atoms with E-state index in [9.17, 15) is 14.7 Å². The first-order chi connectivity index (χ1) is 9.13. The van der Waals surface area contributed by atoms with Crippen molar-refractivity contribution >= 4 is 12.1 Å². The van der Waals surface area contributed by atoms with Crippen LogP contribution in [-0.4, -0.2) is 34.7 Å². The molecule has 19 heavy (non-hydrogen) atoms. The number of rotatable bonds is 3. The lowest BCUT2D eigenvalue weighted by Gasteiger charge is -2.33.